The molecule has 1 fully saturated rings. The largest absolute Gasteiger partial charge is 0.368 e. The molecule has 0 heterocycles. The van der Waals surface area contributed by atoms with Gasteiger partial charge in [-0.15, -0.1) is 0 Å². The highest BCUT2D eigenvalue weighted by Crippen LogP contribution is 2.35. The van der Waals surface area contributed by atoms with Gasteiger partial charge in [-0.25, -0.2) is 0 Å². The lowest BCUT2D eigenvalue weighted by Crippen LogP contribution is -2.30. The third kappa shape index (κ3) is 5.19. The van der Waals surface area contributed by atoms with E-state index in [0.717, 1.165) is 30.1 Å². The van der Waals surface area contributed by atoms with Crippen molar-refractivity contribution in [3.63, 3.8) is 0 Å². The second-order valence-corrected chi connectivity index (χ2v) is 7.35. The molecule has 1 aliphatic carbocycles. The molecule has 1 aromatic carbocycles. The van der Waals surface area contributed by atoms with E-state index >= 15 is 0 Å². The molecular formula is C18H29ClN2. The van der Waals surface area contributed by atoms with E-state index in [1.54, 1.807) is 0 Å². The molecule has 0 amide bonds. The summed E-state index contributed by atoms with van der Waals surface area (Å²) in [6.45, 7) is 11.0. The SMILES string of the molecule is CC(C)CCN(c1ccc(Cl)cc1CNC(C)C)C1CC1. The standard InChI is InChI=1S/C18H29ClN2/c1-13(2)9-10-21(17-6-7-17)18-8-5-16(19)11-15(18)12-20-14(3)4/h5,8,11,13-14,17,20H,6-7,9-10,12H2,1-4H3. The van der Waals surface area contributed by atoms with Crippen LogP contribution in [0.5, 0.6) is 0 Å². The van der Waals surface area contributed by atoms with Crippen molar-refractivity contribution in [2.45, 2.75) is 65.6 Å². The Balaban J connectivity index is 2.17. The van der Waals surface area contributed by atoms with Crippen molar-refractivity contribution < 1.29 is 0 Å². The monoisotopic (exact) mass is 308 g/mol. The van der Waals surface area contributed by atoms with E-state index in [0.29, 0.717) is 6.04 Å². The Bertz CT molecular complexity index is 453. The highest BCUT2D eigenvalue weighted by atomic mass is 35.5. The Morgan fingerprint density at radius 1 is 1.24 bits per heavy atom. The smallest absolute Gasteiger partial charge is 0.0415 e. The number of hydrogen-bond acceptors (Lipinski definition) is 2. The Morgan fingerprint density at radius 2 is 1.95 bits per heavy atom. The number of nitrogens with one attached hydrogen (secondary N) is 1. The van der Waals surface area contributed by atoms with Crippen LogP contribution in [0.3, 0.4) is 0 Å². The summed E-state index contributed by atoms with van der Waals surface area (Å²) in [6, 6.07) is 7.58. The summed E-state index contributed by atoms with van der Waals surface area (Å²) in [5.41, 5.74) is 2.70. The first-order valence-electron chi connectivity index (χ1n) is 8.25. The van der Waals surface area contributed by atoms with Crippen LogP contribution in [-0.2, 0) is 6.54 Å². The van der Waals surface area contributed by atoms with Crippen molar-refractivity contribution in [2.24, 2.45) is 5.92 Å². The molecule has 2 nitrogen and oxygen atoms in total. The van der Waals surface area contributed by atoms with Crippen LogP contribution in [0.4, 0.5) is 5.69 Å². The summed E-state index contributed by atoms with van der Waals surface area (Å²) in [7, 11) is 0. The summed E-state index contributed by atoms with van der Waals surface area (Å²) < 4.78 is 0. The zero-order valence-corrected chi connectivity index (χ0v) is 14.6. The van der Waals surface area contributed by atoms with Gasteiger partial charge in [0.2, 0.25) is 0 Å². The number of nitrogens with zero attached hydrogens (tertiary/aromatic N) is 1. The van der Waals surface area contributed by atoms with Gasteiger partial charge in [0.25, 0.3) is 0 Å². The second kappa shape index (κ2) is 7.51. The van der Waals surface area contributed by atoms with Crippen LogP contribution in [0.15, 0.2) is 18.2 Å². The molecule has 1 aliphatic rings. The van der Waals surface area contributed by atoms with E-state index in [9.17, 15) is 0 Å². The summed E-state index contributed by atoms with van der Waals surface area (Å²) in [6.07, 6.45) is 3.91. The minimum Gasteiger partial charge on any atom is -0.368 e. The lowest BCUT2D eigenvalue weighted by atomic mass is 10.1. The minimum atomic E-state index is 0.488. The first-order valence-corrected chi connectivity index (χ1v) is 8.63. The molecule has 1 aromatic rings. The summed E-state index contributed by atoms with van der Waals surface area (Å²) in [5.74, 6) is 0.746. The average molecular weight is 309 g/mol. The molecule has 21 heavy (non-hydrogen) atoms. The number of benzene rings is 1. The summed E-state index contributed by atoms with van der Waals surface area (Å²) in [4.78, 5) is 2.60. The Labute approximate surface area is 134 Å². The molecule has 3 heteroatoms. The van der Waals surface area contributed by atoms with Gasteiger partial charge >= 0.3 is 0 Å². The maximum absolute atomic E-state index is 6.21. The Morgan fingerprint density at radius 3 is 2.52 bits per heavy atom. The fraction of sp³-hybridized carbons (Fsp3) is 0.667. The fourth-order valence-electron chi connectivity index (χ4n) is 2.57. The molecule has 0 radical (unpaired) electrons. The molecule has 0 unspecified atom stereocenters. The van der Waals surface area contributed by atoms with Crippen molar-refractivity contribution in [1.29, 1.82) is 0 Å². The molecule has 0 atom stereocenters. The van der Waals surface area contributed by atoms with Crippen LogP contribution in [0, 0.1) is 5.92 Å². The van der Waals surface area contributed by atoms with E-state index in [-0.39, 0.29) is 0 Å². The molecule has 0 bridgehead atoms. The maximum atomic E-state index is 6.21. The van der Waals surface area contributed by atoms with Gasteiger partial charge in [0, 0.05) is 35.9 Å². The van der Waals surface area contributed by atoms with E-state index in [1.165, 1.54) is 30.5 Å². The first-order chi connectivity index (χ1) is 9.97. The lowest BCUT2D eigenvalue weighted by molar-refractivity contribution is 0.565. The van der Waals surface area contributed by atoms with Gasteiger partial charge in [-0.1, -0.05) is 39.3 Å². The predicted molar refractivity (Wildman–Crippen MR) is 93.3 cm³/mol. The summed E-state index contributed by atoms with van der Waals surface area (Å²) >= 11 is 6.21. The van der Waals surface area contributed by atoms with E-state index in [1.807, 2.05) is 6.07 Å². The van der Waals surface area contributed by atoms with Crippen molar-refractivity contribution in [2.75, 3.05) is 11.4 Å². The predicted octanol–water partition coefficient (Wildman–Crippen LogP) is 4.85. The van der Waals surface area contributed by atoms with Gasteiger partial charge < -0.3 is 10.2 Å². The number of anilines is 1. The third-order valence-corrected chi connectivity index (χ3v) is 4.22. The molecule has 0 saturated heterocycles. The van der Waals surface area contributed by atoms with Gasteiger partial charge in [-0.2, -0.15) is 0 Å². The number of rotatable bonds is 8. The van der Waals surface area contributed by atoms with Crippen molar-refractivity contribution in [3.8, 4) is 0 Å². The van der Waals surface area contributed by atoms with Crippen LogP contribution < -0.4 is 10.2 Å². The topological polar surface area (TPSA) is 15.3 Å². The van der Waals surface area contributed by atoms with E-state index in [4.69, 9.17) is 11.6 Å². The molecule has 2 rings (SSSR count). The molecule has 0 aliphatic heterocycles. The zero-order chi connectivity index (χ0) is 15.4. The fourth-order valence-corrected chi connectivity index (χ4v) is 2.77. The molecule has 0 spiro atoms. The number of hydrogen-bond donors (Lipinski definition) is 1. The van der Waals surface area contributed by atoms with Crippen LogP contribution in [0.2, 0.25) is 5.02 Å². The normalized spacial score (nSPS) is 15.0. The van der Waals surface area contributed by atoms with E-state index < -0.39 is 0 Å². The van der Waals surface area contributed by atoms with Crippen molar-refractivity contribution >= 4 is 17.3 Å². The Hall–Kier alpha value is -0.730. The van der Waals surface area contributed by atoms with Crippen LogP contribution >= 0.6 is 11.6 Å². The highest BCUT2D eigenvalue weighted by Gasteiger charge is 2.30. The van der Waals surface area contributed by atoms with E-state index in [2.05, 4.69) is 50.0 Å². The molecule has 1 saturated carbocycles. The van der Waals surface area contributed by atoms with Gasteiger partial charge in [-0.05, 0) is 48.9 Å². The summed E-state index contributed by atoms with van der Waals surface area (Å²) in [5, 5.41) is 4.36. The van der Waals surface area contributed by atoms with Crippen LogP contribution in [0.25, 0.3) is 0 Å². The van der Waals surface area contributed by atoms with Gasteiger partial charge in [0.1, 0.15) is 0 Å². The quantitative estimate of drug-likeness (QED) is 0.738. The average Bonchev–Trinajstić information content (AvgIpc) is 3.22. The van der Waals surface area contributed by atoms with Crippen LogP contribution in [0.1, 0.15) is 52.5 Å². The number of halogens is 1. The first kappa shape index (κ1) is 16.6. The van der Waals surface area contributed by atoms with Crippen LogP contribution in [-0.4, -0.2) is 18.6 Å². The van der Waals surface area contributed by atoms with Crippen molar-refractivity contribution in [1.82, 2.24) is 5.32 Å². The minimum absolute atomic E-state index is 0.488. The van der Waals surface area contributed by atoms with Gasteiger partial charge in [0.05, 0.1) is 0 Å². The lowest BCUT2D eigenvalue weighted by Gasteiger charge is -2.28. The zero-order valence-electron chi connectivity index (χ0n) is 13.8. The highest BCUT2D eigenvalue weighted by molar-refractivity contribution is 6.30. The molecular weight excluding hydrogens is 280 g/mol. The Kier molecular flexibility index (Phi) is 5.95. The van der Waals surface area contributed by atoms with Gasteiger partial charge in [0.15, 0.2) is 0 Å². The molecule has 118 valence electrons. The third-order valence-electron chi connectivity index (χ3n) is 3.99. The molecule has 1 N–H and O–H groups in total. The van der Waals surface area contributed by atoms with Crippen molar-refractivity contribution in [3.05, 3.63) is 28.8 Å². The molecule has 0 aromatic heterocycles. The second-order valence-electron chi connectivity index (χ2n) is 6.92. The van der Waals surface area contributed by atoms with Gasteiger partial charge in [-0.3, -0.25) is 0 Å². The maximum Gasteiger partial charge on any atom is 0.0415 e.